The molecule has 74 valence electrons. The quantitative estimate of drug-likeness (QED) is 0.640. The second kappa shape index (κ2) is 6.69. The SMILES string of the molecule is [Br-].[Ni+2].c1ccc(-c2ccccn2)nc1. The van der Waals surface area contributed by atoms with Crippen LogP contribution in [-0.4, -0.2) is 9.97 Å². The molecule has 2 aromatic heterocycles. The molecule has 14 heavy (non-hydrogen) atoms. The van der Waals surface area contributed by atoms with Crippen molar-refractivity contribution < 1.29 is 33.5 Å². The number of halogens is 1. The predicted molar refractivity (Wildman–Crippen MR) is 47.5 cm³/mol. The molecule has 0 aliphatic carbocycles. The van der Waals surface area contributed by atoms with E-state index in [0.29, 0.717) is 0 Å². The van der Waals surface area contributed by atoms with Gasteiger partial charge in [0, 0.05) is 12.4 Å². The van der Waals surface area contributed by atoms with Gasteiger partial charge in [0.15, 0.2) is 0 Å². The molecule has 0 aliphatic heterocycles. The van der Waals surface area contributed by atoms with Crippen LogP contribution < -0.4 is 17.0 Å². The first-order valence-corrected chi connectivity index (χ1v) is 3.79. The molecule has 0 saturated carbocycles. The van der Waals surface area contributed by atoms with Crippen molar-refractivity contribution in [3.63, 3.8) is 0 Å². The van der Waals surface area contributed by atoms with E-state index >= 15 is 0 Å². The number of nitrogens with zero attached hydrogens (tertiary/aromatic N) is 2. The molecule has 0 aromatic carbocycles. The Balaban J connectivity index is 0.000000845. The minimum Gasteiger partial charge on any atom is -1.00 e. The largest absolute Gasteiger partial charge is 2.00 e. The van der Waals surface area contributed by atoms with Crippen molar-refractivity contribution in [3.05, 3.63) is 48.8 Å². The van der Waals surface area contributed by atoms with E-state index in [1.165, 1.54) is 0 Å². The summed E-state index contributed by atoms with van der Waals surface area (Å²) in [6.07, 6.45) is 3.54. The average Bonchev–Trinajstić information content (AvgIpc) is 2.21. The molecule has 0 unspecified atom stereocenters. The minimum absolute atomic E-state index is 0. The van der Waals surface area contributed by atoms with Gasteiger partial charge in [-0.2, -0.15) is 0 Å². The van der Waals surface area contributed by atoms with Crippen molar-refractivity contribution in [2.24, 2.45) is 0 Å². The van der Waals surface area contributed by atoms with Crippen LogP contribution in [0.2, 0.25) is 0 Å². The zero-order valence-corrected chi connectivity index (χ0v) is 9.78. The second-order valence-electron chi connectivity index (χ2n) is 2.43. The molecule has 0 N–H and O–H groups in total. The maximum atomic E-state index is 4.19. The Kier molecular flexibility index (Phi) is 6.34. The Morgan fingerprint density at radius 3 is 1.43 bits per heavy atom. The first kappa shape index (κ1) is 13.3. The normalized spacial score (nSPS) is 8.29. The molecule has 0 aliphatic rings. The number of hydrogen-bond donors (Lipinski definition) is 0. The Hall–Kier alpha value is -0.726. The monoisotopic (exact) mass is 293 g/mol. The molecular formula is C10H8BrN2Ni+. The van der Waals surface area contributed by atoms with Crippen molar-refractivity contribution >= 4 is 0 Å². The summed E-state index contributed by atoms with van der Waals surface area (Å²) in [5.41, 5.74) is 1.83. The topological polar surface area (TPSA) is 25.8 Å². The van der Waals surface area contributed by atoms with E-state index in [1.54, 1.807) is 12.4 Å². The summed E-state index contributed by atoms with van der Waals surface area (Å²) in [6, 6.07) is 11.6. The van der Waals surface area contributed by atoms with E-state index in [2.05, 4.69) is 9.97 Å². The van der Waals surface area contributed by atoms with Gasteiger partial charge in [-0.3, -0.25) is 9.97 Å². The molecule has 0 spiro atoms. The Labute approximate surface area is 103 Å². The van der Waals surface area contributed by atoms with Gasteiger partial charge in [0.05, 0.1) is 11.4 Å². The fourth-order valence-electron chi connectivity index (χ4n) is 1.03. The number of rotatable bonds is 1. The molecule has 0 saturated heterocycles. The van der Waals surface area contributed by atoms with E-state index in [9.17, 15) is 0 Å². The molecule has 0 amide bonds. The zero-order valence-electron chi connectivity index (χ0n) is 7.21. The van der Waals surface area contributed by atoms with Gasteiger partial charge in [-0.15, -0.1) is 0 Å². The van der Waals surface area contributed by atoms with Gasteiger partial charge in [0.2, 0.25) is 0 Å². The van der Waals surface area contributed by atoms with Crippen LogP contribution in [0.5, 0.6) is 0 Å². The van der Waals surface area contributed by atoms with Crippen LogP contribution in [0.4, 0.5) is 0 Å². The van der Waals surface area contributed by atoms with Gasteiger partial charge in [0.25, 0.3) is 0 Å². The standard InChI is InChI=1S/C10H8N2.BrH.Ni/c1-3-7-11-9(5-1)10-6-2-4-8-12-10;;/h1-8H;1H;/q;;+2/p-1. The van der Waals surface area contributed by atoms with Gasteiger partial charge in [-0.1, -0.05) is 12.1 Å². The smallest absolute Gasteiger partial charge is 1.00 e. The van der Waals surface area contributed by atoms with Gasteiger partial charge in [-0.25, -0.2) is 0 Å². The summed E-state index contributed by atoms with van der Waals surface area (Å²) < 4.78 is 0. The molecule has 4 heteroatoms. The molecule has 0 radical (unpaired) electrons. The predicted octanol–water partition coefficient (Wildman–Crippen LogP) is -0.855. The van der Waals surface area contributed by atoms with E-state index in [1.807, 2.05) is 36.4 Å². The number of aromatic nitrogens is 2. The van der Waals surface area contributed by atoms with Gasteiger partial charge in [0.1, 0.15) is 0 Å². The number of pyridine rings is 2. The van der Waals surface area contributed by atoms with Crippen LogP contribution in [0.15, 0.2) is 48.8 Å². The number of hydrogen-bond acceptors (Lipinski definition) is 2. The molecule has 0 atom stereocenters. The second-order valence-corrected chi connectivity index (χ2v) is 2.43. The summed E-state index contributed by atoms with van der Waals surface area (Å²) in [7, 11) is 0. The van der Waals surface area contributed by atoms with Crippen molar-refractivity contribution in [1.29, 1.82) is 0 Å². The maximum Gasteiger partial charge on any atom is 2.00 e. The summed E-state index contributed by atoms with van der Waals surface area (Å²) in [4.78, 5) is 8.37. The molecule has 0 bridgehead atoms. The summed E-state index contributed by atoms with van der Waals surface area (Å²) in [5, 5.41) is 0. The summed E-state index contributed by atoms with van der Waals surface area (Å²) in [5.74, 6) is 0. The van der Waals surface area contributed by atoms with Crippen LogP contribution >= 0.6 is 0 Å². The molecule has 2 aromatic rings. The summed E-state index contributed by atoms with van der Waals surface area (Å²) in [6.45, 7) is 0. The third kappa shape index (κ3) is 3.20. The van der Waals surface area contributed by atoms with Crippen molar-refractivity contribution in [2.75, 3.05) is 0 Å². The first-order chi connectivity index (χ1) is 5.97. The van der Waals surface area contributed by atoms with Crippen LogP contribution in [0.25, 0.3) is 11.4 Å². The first-order valence-electron chi connectivity index (χ1n) is 3.79. The molecule has 2 rings (SSSR count). The average molecular weight is 295 g/mol. The molecule has 2 heterocycles. The van der Waals surface area contributed by atoms with Crippen LogP contribution in [0.3, 0.4) is 0 Å². The van der Waals surface area contributed by atoms with Crippen LogP contribution in [-0.2, 0) is 16.5 Å². The van der Waals surface area contributed by atoms with Crippen molar-refractivity contribution in [2.45, 2.75) is 0 Å². The maximum absolute atomic E-state index is 4.19. The van der Waals surface area contributed by atoms with E-state index in [0.717, 1.165) is 11.4 Å². The zero-order chi connectivity index (χ0) is 8.23. The third-order valence-corrected chi connectivity index (χ3v) is 1.59. The third-order valence-electron chi connectivity index (χ3n) is 1.59. The fraction of sp³-hybridized carbons (Fsp3) is 0. The van der Waals surface area contributed by atoms with E-state index in [-0.39, 0.29) is 33.5 Å². The van der Waals surface area contributed by atoms with Crippen molar-refractivity contribution in [3.8, 4) is 11.4 Å². The van der Waals surface area contributed by atoms with E-state index < -0.39 is 0 Å². The van der Waals surface area contributed by atoms with Crippen LogP contribution in [0, 0.1) is 0 Å². The van der Waals surface area contributed by atoms with Gasteiger partial charge in [-0.05, 0) is 24.3 Å². The molecule has 2 nitrogen and oxygen atoms in total. The Morgan fingerprint density at radius 1 is 0.714 bits per heavy atom. The molecule has 0 fully saturated rings. The minimum atomic E-state index is 0. The van der Waals surface area contributed by atoms with Crippen LogP contribution in [0.1, 0.15) is 0 Å². The Morgan fingerprint density at radius 2 is 1.14 bits per heavy atom. The molecular weight excluding hydrogens is 287 g/mol. The summed E-state index contributed by atoms with van der Waals surface area (Å²) >= 11 is 0. The fourth-order valence-corrected chi connectivity index (χ4v) is 1.03. The van der Waals surface area contributed by atoms with E-state index in [4.69, 9.17) is 0 Å². The van der Waals surface area contributed by atoms with Gasteiger partial charge >= 0.3 is 16.5 Å². The Bertz CT molecular complexity index is 316. The van der Waals surface area contributed by atoms with Crippen molar-refractivity contribution in [1.82, 2.24) is 9.97 Å². The van der Waals surface area contributed by atoms with Gasteiger partial charge < -0.3 is 17.0 Å².